The molecular weight excluding hydrogens is 392 g/mol. The predicted molar refractivity (Wildman–Crippen MR) is 140 cm³/mol. The average molecular weight is 447 g/mol. The van der Waals surface area contributed by atoms with E-state index >= 15 is 0 Å². The molecule has 180 valence electrons. The summed E-state index contributed by atoms with van der Waals surface area (Å²) in [5.41, 5.74) is 0. The highest BCUT2D eigenvalue weighted by molar-refractivity contribution is 8.33. The molecule has 1 heteroatoms. The van der Waals surface area contributed by atoms with Gasteiger partial charge in [0.05, 0.1) is 0 Å². The van der Waals surface area contributed by atoms with E-state index in [-0.39, 0.29) is 0 Å². The highest BCUT2D eigenvalue weighted by Gasteiger charge is 2.59. The second kappa shape index (κ2) is 8.53. The van der Waals surface area contributed by atoms with Crippen LogP contribution in [0, 0.1) is 65.1 Å². The molecule has 0 aliphatic heterocycles. The van der Waals surface area contributed by atoms with Crippen LogP contribution in [0.25, 0.3) is 0 Å². The van der Waals surface area contributed by atoms with Crippen LogP contribution >= 0.6 is 10.0 Å². The molecular formula is C30H54S. The van der Waals surface area contributed by atoms with Gasteiger partial charge in [-0.25, -0.2) is 10.0 Å². The fraction of sp³-hybridized carbons (Fsp3) is 1.00. The number of hydrogen-bond acceptors (Lipinski definition) is 0. The van der Waals surface area contributed by atoms with Crippen molar-refractivity contribution in [3.8, 4) is 0 Å². The van der Waals surface area contributed by atoms with E-state index in [0.29, 0.717) is 0 Å². The summed E-state index contributed by atoms with van der Waals surface area (Å²) in [4.78, 5) is 0. The first-order chi connectivity index (χ1) is 14.7. The van der Waals surface area contributed by atoms with E-state index in [1.54, 1.807) is 57.8 Å². The predicted octanol–water partition coefficient (Wildman–Crippen LogP) is 8.63. The maximum Gasteiger partial charge on any atom is -0.00571 e. The van der Waals surface area contributed by atoms with Crippen molar-refractivity contribution in [3.05, 3.63) is 0 Å². The van der Waals surface area contributed by atoms with Crippen LogP contribution in [0.5, 0.6) is 0 Å². The molecule has 0 saturated heterocycles. The fourth-order valence-electron chi connectivity index (χ4n) is 11.3. The van der Waals surface area contributed by atoms with E-state index in [9.17, 15) is 0 Å². The van der Waals surface area contributed by atoms with Crippen molar-refractivity contribution in [2.24, 2.45) is 65.1 Å². The number of rotatable bonds is 3. The molecule has 0 aromatic carbocycles. The fourth-order valence-corrected chi connectivity index (χ4v) is 16.9. The lowest BCUT2D eigenvalue weighted by molar-refractivity contribution is 0.0171. The summed E-state index contributed by atoms with van der Waals surface area (Å²) in [6.45, 7) is 13.1. The van der Waals surface area contributed by atoms with Crippen LogP contribution in [-0.2, 0) is 0 Å². The van der Waals surface area contributed by atoms with Crippen LogP contribution in [0.4, 0.5) is 0 Å². The van der Waals surface area contributed by atoms with Crippen molar-refractivity contribution in [2.75, 3.05) is 12.5 Å². The molecule has 0 heterocycles. The molecule has 0 spiro atoms. The molecule has 31 heavy (non-hydrogen) atoms. The SMILES string of the molecule is CC1CC2C(CC3CCCC3C2C2CCCCC2)C1S(C)(C)C1C(C)C(C)C(C)C1C. The first-order valence-corrected chi connectivity index (χ1v) is 17.0. The Balaban J connectivity index is 1.46. The largest absolute Gasteiger partial charge is 0.240 e. The molecule has 5 saturated carbocycles. The lowest BCUT2D eigenvalue weighted by Crippen LogP contribution is -2.45. The monoisotopic (exact) mass is 446 g/mol. The van der Waals surface area contributed by atoms with Crippen LogP contribution < -0.4 is 0 Å². The third-order valence-corrected chi connectivity index (χ3v) is 17.1. The summed E-state index contributed by atoms with van der Waals surface area (Å²) in [5, 5.41) is 2.05. The van der Waals surface area contributed by atoms with Gasteiger partial charge in [-0.3, -0.25) is 0 Å². The van der Waals surface area contributed by atoms with Crippen molar-refractivity contribution in [1.29, 1.82) is 0 Å². The number of fused-ring (bicyclic) bond motifs is 2. The Hall–Kier alpha value is 0.350. The molecule has 0 N–H and O–H groups in total. The smallest absolute Gasteiger partial charge is 0.00571 e. The van der Waals surface area contributed by atoms with Gasteiger partial charge in [0.2, 0.25) is 0 Å². The van der Waals surface area contributed by atoms with Gasteiger partial charge in [0.25, 0.3) is 0 Å². The van der Waals surface area contributed by atoms with Gasteiger partial charge in [-0.1, -0.05) is 79.6 Å². The van der Waals surface area contributed by atoms with Crippen LogP contribution in [0.3, 0.4) is 0 Å². The van der Waals surface area contributed by atoms with Crippen molar-refractivity contribution in [1.82, 2.24) is 0 Å². The van der Waals surface area contributed by atoms with Gasteiger partial charge in [-0.2, -0.15) is 0 Å². The Bertz CT molecular complexity index is 618. The molecule has 0 bridgehead atoms. The van der Waals surface area contributed by atoms with E-state index in [1.807, 2.05) is 0 Å². The quantitative estimate of drug-likeness (QED) is 0.407. The minimum absolute atomic E-state index is 0.605. The third-order valence-electron chi connectivity index (χ3n) is 12.6. The molecule has 5 aliphatic rings. The third kappa shape index (κ3) is 3.60. The maximum absolute atomic E-state index is 2.83. The first-order valence-electron chi connectivity index (χ1n) is 14.4. The zero-order valence-corrected chi connectivity index (χ0v) is 22.8. The molecule has 0 aromatic heterocycles. The van der Waals surface area contributed by atoms with E-state index in [1.165, 1.54) is 6.42 Å². The summed E-state index contributed by atoms with van der Waals surface area (Å²) >= 11 is 0. The van der Waals surface area contributed by atoms with E-state index in [2.05, 4.69) is 47.1 Å². The van der Waals surface area contributed by atoms with Gasteiger partial charge in [0.15, 0.2) is 0 Å². The minimum Gasteiger partial charge on any atom is -0.240 e. The molecule has 0 radical (unpaired) electrons. The zero-order valence-electron chi connectivity index (χ0n) is 22.0. The lowest BCUT2D eigenvalue weighted by Gasteiger charge is -2.55. The molecule has 11 unspecified atom stereocenters. The topological polar surface area (TPSA) is 0 Å². The van der Waals surface area contributed by atoms with E-state index < -0.39 is 10.0 Å². The Morgan fingerprint density at radius 2 is 1.13 bits per heavy atom. The molecule has 0 amide bonds. The van der Waals surface area contributed by atoms with Crippen molar-refractivity contribution < 1.29 is 0 Å². The van der Waals surface area contributed by atoms with Gasteiger partial charge >= 0.3 is 0 Å². The van der Waals surface area contributed by atoms with Gasteiger partial charge in [0, 0.05) is 0 Å². The molecule has 0 aromatic rings. The van der Waals surface area contributed by atoms with Gasteiger partial charge < -0.3 is 0 Å². The molecule has 11 atom stereocenters. The molecule has 5 fully saturated rings. The van der Waals surface area contributed by atoms with Crippen LogP contribution in [0.15, 0.2) is 0 Å². The van der Waals surface area contributed by atoms with Crippen LogP contribution in [0.2, 0.25) is 0 Å². The normalized spacial score (nSPS) is 54.0. The Morgan fingerprint density at radius 1 is 0.516 bits per heavy atom. The molecule has 5 aliphatic carbocycles. The van der Waals surface area contributed by atoms with Gasteiger partial charge in [-0.05, 0) is 107 Å². The summed E-state index contributed by atoms with van der Waals surface area (Å²) in [7, 11) is -0.605. The van der Waals surface area contributed by atoms with Crippen LogP contribution in [0.1, 0.15) is 98.8 Å². The maximum atomic E-state index is 2.83. The summed E-state index contributed by atoms with van der Waals surface area (Å²) in [6, 6.07) is 0. The average Bonchev–Trinajstić information content (AvgIpc) is 3.38. The van der Waals surface area contributed by atoms with Crippen LogP contribution in [-0.4, -0.2) is 23.0 Å². The Labute approximate surface area is 196 Å². The summed E-state index contributed by atoms with van der Waals surface area (Å²) in [5.74, 6) is 11.3. The molecule has 0 nitrogen and oxygen atoms in total. The highest BCUT2D eigenvalue weighted by Crippen LogP contribution is 2.71. The van der Waals surface area contributed by atoms with Crippen molar-refractivity contribution in [2.45, 2.75) is 109 Å². The van der Waals surface area contributed by atoms with Gasteiger partial charge in [0.1, 0.15) is 0 Å². The highest BCUT2D eigenvalue weighted by atomic mass is 32.3. The van der Waals surface area contributed by atoms with Gasteiger partial charge in [-0.15, -0.1) is 0 Å². The summed E-state index contributed by atoms with van der Waals surface area (Å²) in [6.07, 6.45) is 21.4. The standard InChI is InChI=1S/C30H54S/c1-18-16-26-27(29(18)31(6,7)30-21(4)19(2)20(3)22(30)5)17-24-14-11-15-25(24)28(26)23-12-9-8-10-13-23/h18-30H,8-17H2,1-7H3. The Morgan fingerprint density at radius 3 is 1.77 bits per heavy atom. The second-order valence-electron chi connectivity index (χ2n) is 14.0. The zero-order chi connectivity index (χ0) is 22.1. The van der Waals surface area contributed by atoms with E-state index in [4.69, 9.17) is 0 Å². The second-order valence-corrected chi connectivity index (χ2v) is 18.0. The molecule has 5 rings (SSSR count). The minimum atomic E-state index is -0.605. The lowest BCUT2D eigenvalue weighted by atomic mass is 9.58. The number of hydrogen-bond donors (Lipinski definition) is 0. The van der Waals surface area contributed by atoms with Crippen molar-refractivity contribution >= 4 is 10.0 Å². The van der Waals surface area contributed by atoms with E-state index in [0.717, 1.165) is 75.6 Å². The Kier molecular flexibility index (Phi) is 6.36. The summed E-state index contributed by atoms with van der Waals surface area (Å²) < 4.78 is 0. The first kappa shape index (κ1) is 23.1. The van der Waals surface area contributed by atoms with Crippen molar-refractivity contribution in [3.63, 3.8) is 0 Å².